The van der Waals surface area contributed by atoms with Crippen molar-refractivity contribution in [2.75, 3.05) is 52.5 Å². The number of rotatable bonds is 7. The summed E-state index contributed by atoms with van der Waals surface area (Å²) < 4.78 is 11.1. The summed E-state index contributed by atoms with van der Waals surface area (Å²) in [4.78, 5) is 7.44. The number of benzene rings is 1. The van der Waals surface area contributed by atoms with Gasteiger partial charge in [0.25, 0.3) is 0 Å². The Morgan fingerprint density at radius 1 is 1.20 bits per heavy atom. The molecule has 0 saturated carbocycles. The summed E-state index contributed by atoms with van der Waals surface area (Å²) in [5.74, 6) is 2.75. The summed E-state index contributed by atoms with van der Waals surface area (Å²) in [6.07, 6.45) is 5.59. The van der Waals surface area contributed by atoms with Gasteiger partial charge in [-0.3, -0.25) is 4.99 Å². The molecule has 7 heteroatoms. The van der Waals surface area contributed by atoms with Crippen molar-refractivity contribution in [3.05, 3.63) is 29.3 Å². The molecule has 1 aromatic rings. The van der Waals surface area contributed by atoms with Gasteiger partial charge in [0.05, 0.1) is 13.2 Å². The third-order valence-corrected chi connectivity index (χ3v) is 6.24. The van der Waals surface area contributed by atoms with Crippen LogP contribution in [0.15, 0.2) is 23.2 Å². The van der Waals surface area contributed by atoms with E-state index in [1.807, 2.05) is 0 Å². The molecule has 3 heterocycles. The quantitative estimate of drug-likeness (QED) is 0.324. The molecule has 6 nitrogen and oxygen atoms in total. The van der Waals surface area contributed by atoms with Gasteiger partial charge < -0.3 is 25.0 Å². The SMILES string of the molecule is CCNC(=NCCc1ccc2c(c1)CCO2)NC1CCN(CC2CCOC2)CC1.I. The van der Waals surface area contributed by atoms with E-state index in [0.717, 1.165) is 63.4 Å². The van der Waals surface area contributed by atoms with Crippen LogP contribution in [0.4, 0.5) is 0 Å². The Balaban J connectivity index is 0.00000256. The van der Waals surface area contributed by atoms with Crippen molar-refractivity contribution in [3.63, 3.8) is 0 Å². The van der Waals surface area contributed by atoms with Gasteiger partial charge in [0.2, 0.25) is 0 Å². The molecule has 0 amide bonds. The Bertz CT molecular complexity index is 686. The standard InChI is InChI=1S/C23H36N4O2.HI/c1-2-24-23(25-10-5-18-3-4-22-20(15-18)9-14-29-22)26-21-6-11-27(12-7-21)16-19-8-13-28-17-19;/h3-4,15,19,21H,2,5-14,16-17H2,1H3,(H2,24,25,26);1H. The molecule has 1 aromatic carbocycles. The molecular formula is C23H37IN4O2. The van der Waals surface area contributed by atoms with E-state index in [-0.39, 0.29) is 24.0 Å². The van der Waals surface area contributed by atoms with Crippen LogP contribution in [0.3, 0.4) is 0 Å². The summed E-state index contributed by atoms with van der Waals surface area (Å²) in [7, 11) is 0. The van der Waals surface area contributed by atoms with Gasteiger partial charge in [-0.25, -0.2) is 0 Å². The van der Waals surface area contributed by atoms with Crippen molar-refractivity contribution in [1.82, 2.24) is 15.5 Å². The largest absolute Gasteiger partial charge is 0.493 e. The van der Waals surface area contributed by atoms with E-state index >= 15 is 0 Å². The maximum Gasteiger partial charge on any atom is 0.191 e. The summed E-state index contributed by atoms with van der Waals surface area (Å²) >= 11 is 0. The highest BCUT2D eigenvalue weighted by atomic mass is 127. The van der Waals surface area contributed by atoms with Crippen molar-refractivity contribution in [3.8, 4) is 5.75 Å². The number of piperidine rings is 1. The molecule has 4 rings (SSSR count). The van der Waals surface area contributed by atoms with E-state index in [2.05, 4.69) is 40.7 Å². The van der Waals surface area contributed by atoms with E-state index in [0.29, 0.717) is 6.04 Å². The smallest absolute Gasteiger partial charge is 0.191 e. The minimum absolute atomic E-state index is 0. The number of aliphatic imine (C=N–C) groups is 1. The predicted molar refractivity (Wildman–Crippen MR) is 132 cm³/mol. The van der Waals surface area contributed by atoms with Gasteiger partial charge in [0.1, 0.15) is 5.75 Å². The van der Waals surface area contributed by atoms with Crippen LogP contribution >= 0.6 is 24.0 Å². The van der Waals surface area contributed by atoms with Crippen LogP contribution in [-0.2, 0) is 17.6 Å². The van der Waals surface area contributed by atoms with Gasteiger partial charge in [-0.05, 0) is 55.7 Å². The van der Waals surface area contributed by atoms with Crippen molar-refractivity contribution in [2.24, 2.45) is 10.9 Å². The van der Waals surface area contributed by atoms with Crippen molar-refractivity contribution >= 4 is 29.9 Å². The first-order valence-corrected chi connectivity index (χ1v) is 11.4. The maximum atomic E-state index is 5.60. The van der Waals surface area contributed by atoms with Crippen molar-refractivity contribution in [1.29, 1.82) is 0 Å². The lowest BCUT2D eigenvalue weighted by Crippen LogP contribution is -2.49. The molecule has 1 atom stereocenters. The third-order valence-electron chi connectivity index (χ3n) is 6.24. The van der Waals surface area contributed by atoms with E-state index in [9.17, 15) is 0 Å². The number of hydrogen-bond donors (Lipinski definition) is 2. The highest BCUT2D eigenvalue weighted by molar-refractivity contribution is 14.0. The lowest BCUT2D eigenvalue weighted by atomic mass is 10.0. The minimum Gasteiger partial charge on any atom is -0.493 e. The van der Waals surface area contributed by atoms with Gasteiger partial charge in [-0.2, -0.15) is 0 Å². The lowest BCUT2D eigenvalue weighted by Gasteiger charge is -2.34. The average Bonchev–Trinajstić information content (AvgIpc) is 3.41. The van der Waals surface area contributed by atoms with E-state index in [1.54, 1.807) is 0 Å². The number of ether oxygens (including phenoxy) is 2. The van der Waals surface area contributed by atoms with Gasteiger partial charge >= 0.3 is 0 Å². The molecule has 2 saturated heterocycles. The monoisotopic (exact) mass is 528 g/mol. The molecule has 0 spiro atoms. The van der Waals surface area contributed by atoms with Crippen LogP contribution < -0.4 is 15.4 Å². The Kier molecular flexibility index (Phi) is 9.52. The van der Waals surface area contributed by atoms with Crippen LogP contribution in [0.1, 0.15) is 37.3 Å². The fraction of sp³-hybridized carbons (Fsp3) is 0.696. The Morgan fingerprint density at radius 3 is 2.83 bits per heavy atom. The number of hydrogen-bond acceptors (Lipinski definition) is 4. The zero-order valence-corrected chi connectivity index (χ0v) is 20.5. The predicted octanol–water partition coefficient (Wildman–Crippen LogP) is 2.84. The second-order valence-corrected chi connectivity index (χ2v) is 8.50. The van der Waals surface area contributed by atoms with Gasteiger partial charge in [-0.1, -0.05) is 12.1 Å². The number of halogens is 1. The summed E-state index contributed by atoms with van der Waals surface area (Å²) in [6.45, 7) is 10.1. The summed E-state index contributed by atoms with van der Waals surface area (Å²) in [5.41, 5.74) is 2.69. The Hall–Kier alpha value is -1.06. The van der Waals surface area contributed by atoms with E-state index in [1.165, 1.54) is 50.0 Å². The van der Waals surface area contributed by atoms with Crippen LogP contribution in [0, 0.1) is 5.92 Å². The lowest BCUT2D eigenvalue weighted by molar-refractivity contribution is 0.150. The molecule has 1 unspecified atom stereocenters. The highest BCUT2D eigenvalue weighted by Crippen LogP contribution is 2.26. The van der Waals surface area contributed by atoms with Crippen LogP contribution in [0.2, 0.25) is 0 Å². The molecule has 0 aliphatic carbocycles. The summed E-state index contributed by atoms with van der Waals surface area (Å²) in [6, 6.07) is 7.08. The molecule has 0 radical (unpaired) electrons. The number of nitrogens with zero attached hydrogens (tertiary/aromatic N) is 2. The zero-order chi connectivity index (χ0) is 19.9. The van der Waals surface area contributed by atoms with E-state index in [4.69, 9.17) is 14.5 Å². The average molecular weight is 528 g/mol. The minimum atomic E-state index is 0. The second kappa shape index (κ2) is 12.1. The normalized spacial score (nSPS) is 22.3. The molecule has 3 aliphatic rings. The number of fused-ring (bicyclic) bond motifs is 1. The van der Waals surface area contributed by atoms with Gasteiger partial charge in [0, 0.05) is 51.8 Å². The topological polar surface area (TPSA) is 58.1 Å². The van der Waals surface area contributed by atoms with Crippen LogP contribution in [0.5, 0.6) is 5.75 Å². The maximum absolute atomic E-state index is 5.60. The molecule has 2 N–H and O–H groups in total. The number of likely N-dealkylation sites (tertiary alicyclic amines) is 1. The number of nitrogens with one attached hydrogen (secondary N) is 2. The Labute approximate surface area is 198 Å². The highest BCUT2D eigenvalue weighted by Gasteiger charge is 2.24. The molecule has 3 aliphatic heterocycles. The molecule has 0 bridgehead atoms. The first kappa shape index (κ1) is 23.6. The molecule has 2 fully saturated rings. The fourth-order valence-corrected chi connectivity index (χ4v) is 4.56. The molecular weight excluding hydrogens is 491 g/mol. The molecule has 168 valence electrons. The summed E-state index contributed by atoms with van der Waals surface area (Å²) in [5, 5.41) is 7.08. The van der Waals surface area contributed by atoms with Crippen molar-refractivity contribution in [2.45, 2.75) is 45.1 Å². The molecule has 30 heavy (non-hydrogen) atoms. The van der Waals surface area contributed by atoms with Gasteiger partial charge in [-0.15, -0.1) is 24.0 Å². The third kappa shape index (κ3) is 6.72. The Morgan fingerprint density at radius 2 is 2.07 bits per heavy atom. The van der Waals surface area contributed by atoms with Gasteiger partial charge in [0.15, 0.2) is 5.96 Å². The van der Waals surface area contributed by atoms with E-state index < -0.39 is 0 Å². The first-order valence-electron chi connectivity index (χ1n) is 11.4. The molecule has 0 aromatic heterocycles. The van der Waals surface area contributed by atoms with Crippen molar-refractivity contribution < 1.29 is 9.47 Å². The second-order valence-electron chi connectivity index (χ2n) is 8.50. The fourth-order valence-electron chi connectivity index (χ4n) is 4.56. The first-order chi connectivity index (χ1) is 14.3. The zero-order valence-electron chi connectivity index (χ0n) is 18.2. The van der Waals surface area contributed by atoms with Crippen LogP contribution in [-0.4, -0.2) is 69.4 Å². The van der Waals surface area contributed by atoms with Crippen LogP contribution in [0.25, 0.3) is 0 Å². The number of guanidine groups is 1.